The van der Waals surface area contributed by atoms with E-state index in [-0.39, 0.29) is 11.8 Å². The highest BCUT2D eigenvalue weighted by Gasteiger charge is 2.34. The fourth-order valence-electron chi connectivity index (χ4n) is 6.74. The van der Waals surface area contributed by atoms with Gasteiger partial charge in [-0.1, -0.05) is 94.4 Å². The third kappa shape index (κ3) is 4.21. The van der Waals surface area contributed by atoms with Crippen LogP contribution in [-0.2, 0) is 7.05 Å². The molecule has 0 aliphatic heterocycles. The highest BCUT2D eigenvalue weighted by molar-refractivity contribution is 6.11. The average Bonchev–Trinajstić information content (AvgIpc) is 3.55. The summed E-state index contributed by atoms with van der Waals surface area (Å²) in [5, 5.41) is 1.47. The SMILES string of the molecule is [2H]C([2H])([2H])c1cc(C)c(-c2n(-c3c(C(C)C)cc(-c4ccccc4)cc3C(C)C)c3ccccc3[n+]2C)c2oc3ccccc3c12. The summed E-state index contributed by atoms with van der Waals surface area (Å²) in [7, 11) is 2.10. The fourth-order valence-corrected chi connectivity index (χ4v) is 6.74. The third-order valence-corrected chi connectivity index (χ3v) is 8.83. The van der Waals surface area contributed by atoms with Gasteiger partial charge in [0.1, 0.15) is 16.8 Å². The van der Waals surface area contributed by atoms with E-state index in [2.05, 4.69) is 111 Å². The van der Waals surface area contributed by atoms with Crippen molar-refractivity contribution < 1.29 is 13.1 Å². The zero-order chi connectivity index (χ0) is 32.5. The van der Waals surface area contributed by atoms with Crippen LogP contribution < -0.4 is 4.57 Å². The Kier molecular flexibility index (Phi) is 5.70. The van der Waals surface area contributed by atoms with Crippen LogP contribution in [0.25, 0.3) is 61.2 Å². The molecule has 0 atom stereocenters. The van der Waals surface area contributed by atoms with E-state index in [1.165, 1.54) is 27.9 Å². The molecular formula is C40H39N2O+. The maximum Gasteiger partial charge on any atom is 0.299 e. The molecule has 7 aromatic rings. The van der Waals surface area contributed by atoms with Gasteiger partial charge in [-0.15, -0.1) is 0 Å². The summed E-state index contributed by atoms with van der Waals surface area (Å²) in [5.74, 6) is 1.43. The quantitative estimate of drug-likeness (QED) is 0.190. The van der Waals surface area contributed by atoms with Gasteiger partial charge in [0.2, 0.25) is 0 Å². The van der Waals surface area contributed by atoms with Crippen LogP contribution in [0, 0.1) is 13.8 Å². The second-order valence-electron chi connectivity index (χ2n) is 12.3. The number of aryl methyl sites for hydroxylation is 3. The Bertz CT molecular complexity index is 2240. The molecule has 0 fully saturated rings. The van der Waals surface area contributed by atoms with Crippen LogP contribution in [0.1, 0.15) is 65.9 Å². The van der Waals surface area contributed by atoms with Gasteiger partial charge in [-0.25, -0.2) is 4.57 Å². The Balaban J connectivity index is 1.67. The zero-order valence-corrected chi connectivity index (χ0v) is 25.7. The van der Waals surface area contributed by atoms with Crippen LogP contribution in [0.3, 0.4) is 0 Å². The Labute approximate surface area is 258 Å². The summed E-state index contributed by atoms with van der Waals surface area (Å²) in [4.78, 5) is 0. The molecule has 214 valence electrons. The molecule has 0 aliphatic rings. The van der Waals surface area contributed by atoms with Crippen molar-refractivity contribution in [2.24, 2.45) is 7.05 Å². The van der Waals surface area contributed by atoms with Crippen molar-refractivity contribution in [1.82, 2.24) is 4.57 Å². The molecule has 0 bridgehead atoms. The Morgan fingerprint density at radius 2 is 1.40 bits per heavy atom. The maximum absolute atomic E-state index is 8.47. The molecule has 3 nitrogen and oxygen atoms in total. The summed E-state index contributed by atoms with van der Waals surface area (Å²) in [6, 6.07) is 33.4. The van der Waals surface area contributed by atoms with E-state index in [0.29, 0.717) is 22.1 Å². The number of para-hydroxylation sites is 3. The topological polar surface area (TPSA) is 21.9 Å². The first kappa shape index (κ1) is 23.9. The predicted molar refractivity (Wildman–Crippen MR) is 180 cm³/mol. The molecule has 2 aromatic heterocycles. The number of fused-ring (bicyclic) bond motifs is 4. The molecule has 0 spiro atoms. The standard InChI is InChI=1S/C40H39N2O/c1-24(2)31-22-29(28-15-9-8-10-16-28)23-32(25(3)4)38(31)42-34-19-13-12-18-33(34)41(7)40(42)37-27(6)21-26(5)36-30-17-11-14-20-35(30)43-39(36)37/h8-25H,1-7H3/q+1/i5D3. The van der Waals surface area contributed by atoms with Gasteiger partial charge in [0.15, 0.2) is 16.6 Å². The van der Waals surface area contributed by atoms with E-state index in [9.17, 15) is 0 Å². The largest absolute Gasteiger partial charge is 0.455 e. The van der Waals surface area contributed by atoms with Gasteiger partial charge in [-0.05, 0) is 78.2 Å². The minimum Gasteiger partial charge on any atom is -0.455 e. The lowest BCUT2D eigenvalue weighted by atomic mass is 9.88. The molecule has 0 saturated carbocycles. The Morgan fingerprint density at radius 3 is 2.09 bits per heavy atom. The second kappa shape index (κ2) is 10.3. The normalized spacial score (nSPS) is 13.3. The Morgan fingerprint density at radius 1 is 0.744 bits per heavy atom. The van der Waals surface area contributed by atoms with Crippen LogP contribution in [0.4, 0.5) is 0 Å². The van der Waals surface area contributed by atoms with Crippen molar-refractivity contribution in [3.8, 4) is 28.2 Å². The summed E-state index contributed by atoms with van der Waals surface area (Å²) >= 11 is 0. The lowest BCUT2D eigenvalue weighted by molar-refractivity contribution is -0.633. The Hall–Kier alpha value is -4.63. The molecule has 0 N–H and O–H groups in total. The molecule has 0 radical (unpaired) electrons. The monoisotopic (exact) mass is 566 g/mol. The highest BCUT2D eigenvalue weighted by atomic mass is 16.3. The first-order valence-electron chi connectivity index (χ1n) is 16.7. The number of hydrogen-bond donors (Lipinski definition) is 0. The van der Waals surface area contributed by atoms with E-state index >= 15 is 0 Å². The van der Waals surface area contributed by atoms with Gasteiger partial charge < -0.3 is 4.42 Å². The van der Waals surface area contributed by atoms with E-state index in [0.717, 1.165) is 33.4 Å². The van der Waals surface area contributed by atoms with Crippen molar-refractivity contribution in [2.75, 3.05) is 0 Å². The van der Waals surface area contributed by atoms with Crippen molar-refractivity contribution in [3.63, 3.8) is 0 Å². The number of furan rings is 1. The molecule has 7 rings (SSSR count). The number of nitrogens with zero attached hydrogens (tertiary/aromatic N) is 2. The molecule has 3 heteroatoms. The van der Waals surface area contributed by atoms with Gasteiger partial charge in [0.25, 0.3) is 5.82 Å². The third-order valence-electron chi connectivity index (χ3n) is 8.83. The van der Waals surface area contributed by atoms with Crippen molar-refractivity contribution in [1.29, 1.82) is 0 Å². The van der Waals surface area contributed by atoms with E-state index in [4.69, 9.17) is 8.53 Å². The summed E-state index contributed by atoms with van der Waals surface area (Å²) < 4.78 is 36.7. The zero-order valence-electron chi connectivity index (χ0n) is 28.7. The molecule has 5 aromatic carbocycles. The average molecular weight is 567 g/mol. The minimum absolute atomic E-state index is 0.237. The maximum atomic E-state index is 8.47. The van der Waals surface area contributed by atoms with Crippen LogP contribution in [0.5, 0.6) is 0 Å². The van der Waals surface area contributed by atoms with Gasteiger partial charge in [0, 0.05) is 26.0 Å². The molecule has 43 heavy (non-hydrogen) atoms. The lowest BCUT2D eigenvalue weighted by Gasteiger charge is -2.21. The minimum atomic E-state index is -2.30. The summed E-state index contributed by atoms with van der Waals surface area (Å²) in [6.07, 6.45) is 0. The van der Waals surface area contributed by atoms with E-state index in [1.807, 2.05) is 37.3 Å². The summed E-state index contributed by atoms with van der Waals surface area (Å²) in [6.45, 7) is 8.75. The van der Waals surface area contributed by atoms with Gasteiger partial charge in [0.05, 0.1) is 7.05 Å². The van der Waals surface area contributed by atoms with Crippen molar-refractivity contribution in [2.45, 2.75) is 53.3 Å². The highest BCUT2D eigenvalue weighted by Crippen LogP contribution is 2.43. The van der Waals surface area contributed by atoms with Crippen LogP contribution in [0.15, 0.2) is 101 Å². The molecule has 0 amide bonds. The second-order valence-corrected chi connectivity index (χ2v) is 12.3. The van der Waals surface area contributed by atoms with Gasteiger partial charge in [-0.3, -0.25) is 0 Å². The number of hydrogen-bond acceptors (Lipinski definition) is 1. The van der Waals surface area contributed by atoms with Crippen LogP contribution in [-0.4, -0.2) is 4.57 Å². The number of imidazole rings is 1. The smallest absolute Gasteiger partial charge is 0.299 e. The van der Waals surface area contributed by atoms with Crippen LogP contribution >= 0.6 is 0 Å². The molecule has 0 saturated heterocycles. The van der Waals surface area contributed by atoms with Gasteiger partial charge in [-0.2, -0.15) is 4.57 Å². The fraction of sp³-hybridized carbons (Fsp3) is 0.225. The molecule has 0 unspecified atom stereocenters. The van der Waals surface area contributed by atoms with E-state index < -0.39 is 6.85 Å². The molecule has 0 aliphatic carbocycles. The predicted octanol–water partition coefficient (Wildman–Crippen LogP) is 10.6. The first-order valence-corrected chi connectivity index (χ1v) is 15.2. The summed E-state index contributed by atoms with van der Waals surface area (Å²) in [5.41, 5.74) is 11.6. The van der Waals surface area contributed by atoms with Crippen LogP contribution in [0.2, 0.25) is 0 Å². The molecule has 2 heterocycles. The lowest BCUT2D eigenvalue weighted by Crippen LogP contribution is -2.30. The van der Waals surface area contributed by atoms with Crippen molar-refractivity contribution >= 4 is 33.0 Å². The van der Waals surface area contributed by atoms with Gasteiger partial charge >= 0.3 is 0 Å². The van der Waals surface area contributed by atoms with E-state index in [1.54, 1.807) is 0 Å². The number of aromatic nitrogens is 2. The van der Waals surface area contributed by atoms with Crippen molar-refractivity contribution in [3.05, 3.63) is 119 Å². The molecular weight excluding hydrogens is 524 g/mol. The number of rotatable bonds is 5. The first-order chi connectivity index (χ1) is 22.0. The number of benzene rings is 5.